The first-order valence-electron chi connectivity index (χ1n) is 17.7. The van der Waals surface area contributed by atoms with Crippen molar-refractivity contribution in [2.45, 2.75) is 70.7 Å². The fraction of sp³-hybridized carbons (Fsp3) is 0.366. The number of amides is 1. The van der Waals surface area contributed by atoms with Gasteiger partial charge in [-0.2, -0.15) is 4.31 Å². The van der Waals surface area contributed by atoms with Gasteiger partial charge in [0.15, 0.2) is 0 Å². The second-order valence-corrected chi connectivity index (χ2v) is 16.3. The maximum atomic E-state index is 14.5. The summed E-state index contributed by atoms with van der Waals surface area (Å²) in [6, 6.07) is 24.1. The number of nitrogens with zero attached hydrogens (tertiary/aromatic N) is 4. The summed E-state index contributed by atoms with van der Waals surface area (Å²) in [7, 11) is -0.767. The first kappa shape index (κ1) is 37.8. The molecule has 1 amide bonds. The molecule has 0 saturated carbocycles. The van der Waals surface area contributed by atoms with Crippen LogP contribution in [0.15, 0.2) is 90.0 Å². The van der Waals surface area contributed by atoms with Crippen LogP contribution in [-0.2, 0) is 39.0 Å². The minimum absolute atomic E-state index is 0.163. The van der Waals surface area contributed by atoms with Crippen molar-refractivity contribution in [2.75, 3.05) is 33.9 Å². The van der Waals surface area contributed by atoms with E-state index in [0.717, 1.165) is 44.9 Å². The number of aromatic nitrogens is 2. The van der Waals surface area contributed by atoms with Gasteiger partial charge >= 0.3 is 6.09 Å². The molecule has 0 bridgehead atoms. The summed E-state index contributed by atoms with van der Waals surface area (Å²) < 4.78 is 54.9. The Morgan fingerprint density at radius 1 is 0.906 bits per heavy atom. The maximum Gasteiger partial charge on any atom is 0.410 e. The zero-order valence-electron chi connectivity index (χ0n) is 31.5. The van der Waals surface area contributed by atoms with Gasteiger partial charge in [-0.15, -0.1) is 0 Å². The molecule has 280 valence electrons. The van der Waals surface area contributed by atoms with Gasteiger partial charge in [0.1, 0.15) is 22.7 Å². The summed E-state index contributed by atoms with van der Waals surface area (Å²) in [4.78, 5) is 19.9. The molecule has 5 aromatic rings. The minimum atomic E-state index is -3.96. The van der Waals surface area contributed by atoms with Crippen LogP contribution in [0, 0.1) is 13.8 Å². The van der Waals surface area contributed by atoms with E-state index >= 15 is 0 Å². The number of aryl methyl sites for hydroxylation is 2. The van der Waals surface area contributed by atoms with Crippen molar-refractivity contribution in [3.05, 3.63) is 113 Å². The molecule has 0 unspecified atom stereocenters. The number of methoxy groups -OCH3 is 2. The van der Waals surface area contributed by atoms with E-state index in [1.807, 2.05) is 112 Å². The van der Waals surface area contributed by atoms with Crippen molar-refractivity contribution in [1.82, 2.24) is 18.6 Å². The average Bonchev–Trinajstić information content (AvgIpc) is 3.47. The number of ether oxygens (including phenoxy) is 4. The zero-order chi connectivity index (χ0) is 37.9. The van der Waals surface area contributed by atoms with Crippen LogP contribution in [0.1, 0.15) is 48.7 Å². The smallest absolute Gasteiger partial charge is 0.410 e. The summed E-state index contributed by atoms with van der Waals surface area (Å²) in [5.41, 5.74) is 6.13. The first-order chi connectivity index (χ1) is 25.2. The molecule has 1 aliphatic heterocycles. The molecule has 0 radical (unpaired) electrons. The molecule has 0 N–H and O–H groups in total. The summed E-state index contributed by atoms with van der Waals surface area (Å²) in [5.74, 6) is 1.39. The van der Waals surface area contributed by atoms with Gasteiger partial charge in [-0.1, -0.05) is 30.3 Å². The lowest BCUT2D eigenvalue weighted by Gasteiger charge is -2.34. The number of carbonyl (C=O) groups excluding carboxylic acids is 1. The van der Waals surface area contributed by atoms with Gasteiger partial charge in [-0.25, -0.2) is 18.2 Å². The van der Waals surface area contributed by atoms with E-state index < -0.39 is 15.6 Å². The number of pyridine rings is 1. The van der Waals surface area contributed by atoms with Crippen LogP contribution in [0.25, 0.3) is 16.9 Å². The van der Waals surface area contributed by atoms with Crippen LogP contribution >= 0.6 is 0 Å². The van der Waals surface area contributed by atoms with Crippen molar-refractivity contribution >= 4 is 21.8 Å². The molecular weight excluding hydrogens is 693 g/mol. The predicted molar refractivity (Wildman–Crippen MR) is 204 cm³/mol. The topological polar surface area (TPSA) is 112 Å². The molecule has 2 aromatic heterocycles. The molecule has 1 aliphatic rings. The standard InChI is InChI=1S/C41H48N4O7S/c1-28-18-19-45-37(24-34-27-43(20-21-51-34)40(46)52-41(3,4)5)39(42-38(45)22-28)36-17-16-35(23-29(36)2)53(47,48)44(25-30-8-12-32(49-6)13-9-30)26-31-10-14-33(50-7)15-11-31/h8-19,22-23,34H,20-21,24-27H2,1-7H3/t34-/m0/s1. The number of hydrogen-bond acceptors (Lipinski definition) is 8. The molecular formula is C41H48N4O7S. The van der Waals surface area contributed by atoms with Gasteiger partial charge in [0.25, 0.3) is 0 Å². The number of rotatable bonds is 11. The predicted octanol–water partition coefficient (Wildman–Crippen LogP) is 7.20. The Balaban J connectivity index is 1.33. The van der Waals surface area contributed by atoms with Crippen molar-refractivity contribution in [1.29, 1.82) is 0 Å². The van der Waals surface area contributed by atoms with E-state index in [4.69, 9.17) is 23.9 Å². The highest BCUT2D eigenvalue weighted by molar-refractivity contribution is 7.89. The highest BCUT2D eigenvalue weighted by Gasteiger charge is 2.31. The van der Waals surface area contributed by atoms with Gasteiger partial charge < -0.3 is 28.2 Å². The Morgan fingerprint density at radius 2 is 1.53 bits per heavy atom. The number of morpholine rings is 1. The van der Waals surface area contributed by atoms with Gasteiger partial charge in [0.2, 0.25) is 10.0 Å². The molecule has 3 aromatic carbocycles. The Kier molecular flexibility index (Phi) is 11.1. The van der Waals surface area contributed by atoms with Crippen LogP contribution in [0.2, 0.25) is 0 Å². The molecule has 0 aliphatic carbocycles. The van der Waals surface area contributed by atoms with E-state index in [1.165, 1.54) is 4.31 Å². The molecule has 12 heteroatoms. The Bertz CT molecular complexity index is 2130. The second-order valence-electron chi connectivity index (χ2n) is 14.4. The van der Waals surface area contributed by atoms with E-state index in [2.05, 4.69) is 0 Å². The van der Waals surface area contributed by atoms with Crippen molar-refractivity contribution in [3.8, 4) is 22.8 Å². The van der Waals surface area contributed by atoms with Crippen LogP contribution in [0.4, 0.5) is 4.79 Å². The van der Waals surface area contributed by atoms with Gasteiger partial charge in [-0.05, 0) is 105 Å². The monoisotopic (exact) mass is 740 g/mol. The summed E-state index contributed by atoms with van der Waals surface area (Å²) in [5, 5.41) is 0. The second kappa shape index (κ2) is 15.6. The fourth-order valence-corrected chi connectivity index (χ4v) is 7.97. The normalized spacial score (nSPS) is 15.2. The number of hydrogen-bond donors (Lipinski definition) is 0. The molecule has 1 saturated heterocycles. The lowest BCUT2D eigenvalue weighted by Crippen LogP contribution is -2.48. The van der Waals surface area contributed by atoms with Crippen LogP contribution < -0.4 is 9.47 Å². The number of fused-ring (bicyclic) bond motifs is 1. The fourth-order valence-electron chi connectivity index (χ4n) is 6.47. The third kappa shape index (κ3) is 8.84. The molecule has 1 atom stereocenters. The van der Waals surface area contributed by atoms with Crippen LogP contribution in [0.3, 0.4) is 0 Å². The Morgan fingerprint density at radius 3 is 2.09 bits per heavy atom. The van der Waals surface area contributed by atoms with Crippen molar-refractivity contribution in [3.63, 3.8) is 0 Å². The third-order valence-corrected chi connectivity index (χ3v) is 11.0. The van der Waals surface area contributed by atoms with Crippen molar-refractivity contribution < 1.29 is 32.2 Å². The van der Waals surface area contributed by atoms with E-state index in [9.17, 15) is 13.2 Å². The third-order valence-electron chi connectivity index (χ3n) is 9.22. The minimum Gasteiger partial charge on any atom is -0.497 e. The van der Waals surface area contributed by atoms with E-state index in [1.54, 1.807) is 31.3 Å². The highest BCUT2D eigenvalue weighted by atomic mass is 32.2. The first-order valence-corrected chi connectivity index (χ1v) is 19.1. The number of imidazole rings is 1. The summed E-state index contributed by atoms with van der Waals surface area (Å²) in [6.07, 6.45) is 1.83. The van der Waals surface area contributed by atoms with E-state index in [-0.39, 0.29) is 30.2 Å². The zero-order valence-corrected chi connectivity index (χ0v) is 32.3. The van der Waals surface area contributed by atoms with Crippen LogP contribution in [-0.4, -0.2) is 78.7 Å². The van der Waals surface area contributed by atoms with Gasteiger partial charge in [-0.3, -0.25) is 0 Å². The average molecular weight is 741 g/mol. The number of sulfonamides is 1. The SMILES string of the molecule is COc1ccc(CN(Cc2ccc(OC)cc2)S(=O)(=O)c2ccc(-c3nc4cc(C)ccn4c3C[C@H]3CN(C(=O)OC(C)(C)C)CCO3)c(C)c2)cc1. The molecule has 0 spiro atoms. The lowest BCUT2D eigenvalue weighted by atomic mass is 10.0. The molecule has 1 fully saturated rings. The number of carbonyl (C=O) groups is 1. The quantitative estimate of drug-likeness (QED) is 0.140. The van der Waals surface area contributed by atoms with Crippen LogP contribution in [0.5, 0.6) is 11.5 Å². The van der Waals surface area contributed by atoms with Gasteiger partial charge in [0.05, 0.1) is 49.8 Å². The molecule has 53 heavy (non-hydrogen) atoms. The highest BCUT2D eigenvalue weighted by Crippen LogP contribution is 2.33. The van der Waals surface area contributed by atoms with E-state index in [0.29, 0.717) is 37.6 Å². The number of benzene rings is 3. The summed E-state index contributed by atoms with van der Waals surface area (Å²) in [6.45, 7) is 11.0. The largest absolute Gasteiger partial charge is 0.497 e. The lowest BCUT2D eigenvalue weighted by molar-refractivity contribution is -0.0418. The molecule has 11 nitrogen and oxygen atoms in total. The Hall–Kier alpha value is -4.91. The van der Waals surface area contributed by atoms with Crippen molar-refractivity contribution in [2.24, 2.45) is 0 Å². The molecule has 3 heterocycles. The van der Waals surface area contributed by atoms with Gasteiger partial charge in [0, 0.05) is 37.8 Å². The Labute approximate surface area is 312 Å². The summed E-state index contributed by atoms with van der Waals surface area (Å²) >= 11 is 0. The molecule has 6 rings (SSSR count). The maximum absolute atomic E-state index is 14.5.